The van der Waals surface area contributed by atoms with Gasteiger partial charge in [-0.3, -0.25) is 0 Å². The summed E-state index contributed by atoms with van der Waals surface area (Å²) < 4.78 is 12.1. The molecule has 1 spiro atoms. The van der Waals surface area contributed by atoms with E-state index in [9.17, 15) is 0 Å². The Labute approximate surface area is 123 Å². The second kappa shape index (κ2) is 5.91. The van der Waals surface area contributed by atoms with Crippen molar-refractivity contribution in [2.45, 2.75) is 71.7 Å². The van der Waals surface area contributed by atoms with Crippen molar-refractivity contribution in [3.8, 4) is 0 Å². The molecule has 2 nitrogen and oxygen atoms in total. The Kier molecular flexibility index (Phi) is 4.85. The first-order valence-corrected chi connectivity index (χ1v) is 8.31. The second-order valence-corrected chi connectivity index (χ2v) is 7.57. The first kappa shape index (κ1) is 15.6. The molecule has 0 radical (unpaired) electrons. The van der Waals surface area contributed by atoms with Gasteiger partial charge in [0, 0.05) is 18.7 Å². The van der Waals surface area contributed by atoms with Crippen LogP contribution in [0.3, 0.4) is 0 Å². The van der Waals surface area contributed by atoms with Gasteiger partial charge in [-0.1, -0.05) is 27.7 Å². The summed E-state index contributed by atoms with van der Waals surface area (Å²) in [7, 11) is 0. The number of halogens is 1. The average Bonchev–Trinajstić information content (AvgIpc) is 2.73. The molecule has 1 aliphatic heterocycles. The van der Waals surface area contributed by atoms with Gasteiger partial charge < -0.3 is 9.47 Å². The first-order valence-electron chi connectivity index (χ1n) is 7.77. The summed E-state index contributed by atoms with van der Waals surface area (Å²) in [6.07, 6.45) is 5.66. The van der Waals surface area contributed by atoms with Crippen LogP contribution in [-0.4, -0.2) is 24.4 Å². The molecular formula is C16H29ClO2. The zero-order valence-corrected chi connectivity index (χ0v) is 13.6. The van der Waals surface area contributed by atoms with Crippen molar-refractivity contribution in [1.29, 1.82) is 0 Å². The van der Waals surface area contributed by atoms with Gasteiger partial charge in [0.1, 0.15) is 0 Å². The molecule has 1 heterocycles. The van der Waals surface area contributed by atoms with Crippen LogP contribution in [0.2, 0.25) is 0 Å². The van der Waals surface area contributed by atoms with E-state index in [-0.39, 0.29) is 11.9 Å². The van der Waals surface area contributed by atoms with Gasteiger partial charge in [-0.2, -0.15) is 0 Å². The standard InChI is InChI=1S/C16H29ClO2/c1-12(2)15(3,4)13-5-8-16(9-6-13)18-11-14(19-16)7-10-17/h12-14H,5-11H2,1-4H3. The summed E-state index contributed by atoms with van der Waals surface area (Å²) in [4.78, 5) is 0. The molecule has 0 amide bonds. The molecule has 0 N–H and O–H groups in total. The van der Waals surface area contributed by atoms with E-state index in [0.29, 0.717) is 11.3 Å². The molecule has 1 saturated carbocycles. The van der Waals surface area contributed by atoms with Crippen molar-refractivity contribution < 1.29 is 9.47 Å². The molecule has 2 fully saturated rings. The topological polar surface area (TPSA) is 18.5 Å². The van der Waals surface area contributed by atoms with Crippen LogP contribution in [0.15, 0.2) is 0 Å². The van der Waals surface area contributed by atoms with E-state index in [1.165, 1.54) is 12.8 Å². The first-order chi connectivity index (χ1) is 8.89. The SMILES string of the molecule is CC(C)C(C)(C)C1CCC2(CC1)OCC(CCCl)O2. The lowest BCUT2D eigenvalue weighted by molar-refractivity contribution is -0.198. The van der Waals surface area contributed by atoms with E-state index in [2.05, 4.69) is 27.7 Å². The third kappa shape index (κ3) is 3.28. The van der Waals surface area contributed by atoms with Crippen molar-refractivity contribution in [3.05, 3.63) is 0 Å². The predicted molar refractivity (Wildman–Crippen MR) is 79.5 cm³/mol. The molecule has 1 atom stereocenters. The second-order valence-electron chi connectivity index (χ2n) is 7.19. The molecule has 1 aliphatic carbocycles. The summed E-state index contributed by atoms with van der Waals surface area (Å²) >= 11 is 5.79. The summed E-state index contributed by atoms with van der Waals surface area (Å²) in [6.45, 7) is 10.2. The van der Waals surface area contributed by atoms with Gasteiger partial charge in [0.25, 0.3) is 0 Å². The lowest BCUT2D eigenvalue weighted by atomic mass is 9.64. The molecule has 1 saturated heterocycles. The van der Waals surface area contributed by atoms with Crippen molar-refractivity contribution >= 4 is 11.6 Å². The molecule has 3 heteroatoms. The molecule has 2 rings (SSSR count). The Morgan fingerprint density at radius 1 is 1.26 bits per heavy atom. The van der Waals surface area contributed by atoms with Crippen LogP contribution in [0.1, 0.15) is 59.8 Å². The van der Waals surface area contributed by atoms with Gasteiger partial charge >= 0.3 is 0 Å². The third-order valence-corrected chi connectivity index (χ3v) is 5.85. The number of alkyl halides is 1. The largest absolute Gasteiger partial charge is 0.347 e. The number of ether oxygens (including phenoxy) is 2. The molecule has 112 valence electrons. The van der Waals surface area contributed by atoms with Crippen molar-refractivity contribution in [3.63, 3.8) is 0 Å². The molecule has 2 aliphatic rings. The number of hydrogen-bond donors (Lipinski definition) is 0. The third-order valence-electron chi connectivity index (χ3n) is 5.63. The normalized spacial score (nSPS) is 36.3. The number of rotatable bonds is 4. The van der Waals surface area contributed by atoms with Gasteiger partial charge in [0.05, 0.1) is 12.7 Å². The van der Waals surface area contributed by atoms with Crippen LogP contribution in [0.5, 0.6) is 0 Å². The molecule has 0 aromatic rings. The van der Waals surface area contributed by atoms with Crippen LogP contribution < -0.4 is 0 Å². The van der Waals surface area contributed by atoms with E-state index in [1.807, 2.05) is 0 Å². The van der Waals surface area contributed by atoms with E-state index < -0.39 is 0 Å². The molecule has 0 bridgehead atoms. The van der Waals surface area contributed by atoms with Crippen LogP contribution in [0.25, 0.3) is 0 Å². The van der Waals surface area contributed by atoms with Gasteiger partial charge in [-0.05, 0) is 36.5 Å². The van der Waals surface area contributed by atoms with Crippen LogP contribution in [0, 0.1) is 17.3 Å². The molecule has 19 heavy (non-hydrogen) atoms. The highest BCUT2D eigenvalue weighted by Crippen LogP contribution is 2.48. The van der Waals surface area contributed by atoms with E-state index >= 15 is 0 Å². The molecule has 0 aromatic carbocycles. The fourth-order valence-electron chi connectivity index (χ4n) is 3.42. The van der Waals surface area contributed by atoms with Gasteiger partial charge in [-0.15, -0.1) is 11.6 Å². The molecule has 1 unspecified atom stereocenters. The predicted octanol–water partition coefficient (Wildman–Crippen LogP) is 4.60. The van der Waals surface area contributed by atoms with Crippen molar-refractivity contribution in [2.75, 3.05) is 12.5 Å². The van der Waals surface area contributed by atoms with Gasteiger partial charge in [-0.25, -0.2) is 0 Å². The number of hydrogen-bond acceptors (Lipinski definition) is 2. The summed E-state index contributed by atoms with van der Waals surface area (Å²) in [5.74, 6) is 1.89. The minimum Gasteiger partial charge on any atom is -0.347 e. The van der Waals surface area contributed by atoms with E-state index in [0.717, 1.165) is 37.7 Å². The smallest absolute Gasteiger partial charge is 0.168 e. The summed E-state index contributed by atoms with van der Waals surface area (Å²) in [5.41, 5.74) is 0.412. The van der Waals surface area contributed by atoms with Crippen LogP contribution in [-0.2, 0) is 9.47 Å². The van der Waals surface area contributed by atoms with E-state index in [1.54, 1.807) is 0 Å². The fraction of sp³-hybridized carbons (Fsp3) is 1.00. The van der Waals surface area contributed by atoms with Gasteiger partial charge in [0.2, 0.25) is 0 Å². The van der Waals surface area contributed by atoms with Crippen molar-refractivity contribution in [1.82, 2.24) is 0 Å². The van der Waals surface area contributed by atoms with Crippen LogP contribution >= 0.6 is 11.6 Å². The maximum Gasteiger partial charge on any atom is 0.168 e. The average molecular weight is 289 g/mol. The maximum absolute atomic E-state index is 6.15. The highest BCUT2D eigenvalue weighted by atomic mass is 35.5. The van der Waals surface area contributed by atoms with Crippen LogP contribution in [0.4, 0.5) is 0 Å². The minimum absolute atomic E-state index is 0.215. The Bertz CT molecular complexity index is 293. The van der Waals surface area contributed by atoms with Gasteiger partial charge in [0.15, 0.2) is 5.79 Å². The molecular weight excluding hydrogens is 260 g/mol. The highest BCUT2D eigenvalue weighted by Gasteiger charge is 2.46. The summed E-state index contributed by atoms with van der Waals surface area (Å²) in [5, 5.41) is 0. The summed E-state index contributed by atoms with van der Waals surface area (Å²) in [6, 6.07) is 0. The quantitative estimate of drug-likeness (QED) is 0.704. The Balaban J connectivity index is 1.89. The fourth-order valence-corrected chi connectivity index (χ4v) is 3.66. The Hall–Kier alpha value is 0.210. The minimum atomic E-state index is -0.277. The molecule has 0 aromatic heterocycles. The Morgan fingerprint density at radius 2 is 1.89 bits per heavy atom. The van der Waals surface area contributed by atoms with Crippen molar-refractivity contribution in [2.24, 2.45) is 17.3 Å². The zero-order valence-electron chi connectivity index (χ0n) is 12.9. The van der Waals surface area contributed by atoms with E-state index in [4.69, 9.17) is 21.1 Å². The Morgan fingerprint density at radius 3 is 2.42 bits per heavy atom. The highest BCUT2D eigenvalue weighted by molar-refractivity contribution is 6.17. The monoisotopic (exact) mass is 288 g/mol. The zero-order chi connectivity index (χ0) is 14.1. The lowest BCUT2D eigenvalue weighted by Crippen LogP contribution is -2.41. The lowest BCUT2D eigenvalue weighted by Gasteiger charge is -2.44. The maximum atomic E-state index is 6.15.